The Labute approximate surface area is 477 Å². The van der Waals surface area contributed by atoms with Crippen molar-refractivity contribution < 1.29 is 32.9 Å². The summed E-state index contributed by atoms with van der Waals surface area (Å²) in [6.07, 6.45) is 84.2. The van der Waals surface area contributed by atoms with Gasteiger partial charge < -0.3 is 19.8 Å². The lowest BCUT2D eigenvalue weighted by molar-refractivity contribution is -0.870. The number of nitrogens with one attached hydrogen (secondary N) is 1. The van der Waals surface area contributed by atoms with Crippen LogP contribution in [-0.2, 0) is 18.4 Å². The zero-order valence-electron chi connectivity index (χ0n) is 50.9. The van der Waals surface area contributed by atoms with E-state index >= 15 is 0 Å². The fraction of sp³-hybridized carbons (Fsp3) is 0.750. The first-order valence-electron chi connectivity index (χ1n) is 32.1. The normalized spacial score (nSPS) is 14.4. The molecule has 0 fully saturated rings. The molecule has 0 aliphatic rings. The van der Waals surface area contributed by atoms with E-state index in [4.69, 9.17) is 9.05 Å². The lowest BCUT2D eigenvalue weighted by Gasteiger charge is -2.25. The third kappa shape index (κ3) is 60.9. The van der Waals surface area contributed by atoms with Crippen LogP contribution in [0, 0.1) is 0 Å². The van der Waals surface area contributed by atoms with Gasteiger partial charge in [-0.3, -0.25) is 13.8 Å². The predicted molar refractivity (Wildman–Crippen MR) is 336 cm³/mol. The molecule has 3 unspecified atom stereocenters. The van der Waals surface area contributed by atoms with Gasteiger partial charge in [0.05, 0.1) is 39.9 Å². The summed E-state index contributed by atoms with van der Waals surface area (Å²) in [6, 6.07) is -0.871. The molecule has 0 spiro atoms. The van der Waals surface area contributed by atoms with Crippen LogP contribution in [0.5, 0.6) is 0 Å². The van der Waals surface area contributed by atoms with Crippen molar-refractivity contribution in [2.45, 2.75) is 289 Å². The molecule has 0 saturated heterocycles. The molecule has 1 amide bonds. The van der Waals surface area contributed by atoms with E-state index < -0.39 is 20.0 Å². The molecule has 0 bridgehead atoms. The summed E-state index contributed by atoms with van der Waals surface area (Å²) in [5.41, 5.74) is 0. The van der Waals surface area contributed by atoms with E-state index in [1.54, 1.807) is 6.08 Å². The van der Waals surface area contributed by atoms with Crippen molar-refractivity contribution in [2.75, 3.05) is 40.9 Å². The first-order chi connectivity index (χ1) is 37.5. The van der Waals surface area contributed by atoms with Crippen molar-refractivity contribution in [3.63, 3.8) is 0 Å². The number of likely N-dealkylation sites (N-methyl/N-ethyl adjacent to an activating group) is 1. The van der Waals surface area contributed by atoms with Crippen LogP contribution < -0.4 is 5.32 Å². The summed E-state index contributed by atoms with van der Waals surface area (Å²) in [7, 11) is 1.55. The van der Waals surface area contributed by atoms with Crippen molar-refractivity contribution in [1.82, 2.24) is 5.32 Å². The highest BCUT2D eigenvalue weighted by atomic mass is 31.2. The van der Waals surface area contributed by atoms with E-state index in [0.29, 0.717) is 17.4 Å². The molecule has 0 aromatic rings. The van der Waals surface area contributed by atoms with E-state index in [1.807, 2.05) is 27.2 Å². The van der Waals surface area contributed by atoms with Crippen LogP contribution in [0.25, 0.3) is 0 Å². The number of rotatable bonds is 58. The minimum Gasteiger partial charge on any atom is -0.387 e. The lowest BCUT2D eigenvalue weighted by atomic mass is 10.0. The predicted octanol–water partition coefficient (Wildman–Crippen LogP) is 20.2. The second-order valence-corrected chi connectivity index (χ2v) is 24.2. The van der Waals surface area contributed by atoms with Gasteiger partial charge in [-0.1, -0.05) is 278 Å². The van der Waals surface area contributed by atoms with Gasteiger partial charge >= 0.3 is 7.82 Å². The number of hydrogen-bond acceptors (Lipinski definition) is 5. The van der Waals surface area contributed by atoms with Crippen LogP contribution in [0.15, 0.2) is 97.2 Å². The number of phosphoric acid groups is 1. The van der Waals surface area contributed by atoms with Gasteiger partial charge in [0.1, 0.15) is 13.2 Å². The van der Waals surface area contributed by atoms with Crippen molar-refractivity contribution in [3.05, 3.63) is 97.2 Å². The van der Waals surface area contributed by atoms with Gasteiger partial charge in [-0.2, -0.15) is 0 Å². The fourth-order valence-corrected chi connectivity index (χ4v) is 9.78. The van der Waals surface area contributed by atoms with Gasteiger partial charge in [-0.05, 0) is 89.9 Å². The number of carbonyl (C=O) groups excluding carboxylic acids is 1. The molecule has 0 aliphatic heterocycles. The second kappa shape index (κ2) is 58.1. The van der Waals surface area contributed by atoms with Gasteiger partial charge in [-0.15, -0.1) is 0 Å². The minimum absolute atomic E-state index is 0.0521. The Hall–Kier alpha value is -2.58. The summed E-state index contributed by atoms with van der Waals surface area (Å²) in [6.45, 7) is 4.66. The molecule has 0 radical (unpaired) electrons. The molecule has 446 valence electrons. The van der Waals surface area contributed by atoms with Gasteiger partial charge in [-0.25, -0.2) is 4.57 Å². The first-order valence-corrected chi connectivity index (χ1v) is 33.6. The van der Waals surface area contributed by atoms with Gasteiger partial charge in [0.15, 0.2) is 0 Å². The second-order valence-electron chi connectivity index (χ2n) is 22.7. The van der Waals surface area contributed by atoms with Gasteiger partial charge in [0.2, 0.25) is 5.91 Å². The summed E-state index contributed by atoms with van der Waals surface area (Å²) in [5, 5.41) is 13.9. The van der Waals surface area contributed by atoms with Crippen LogP contribution in [-0.4, -0.2) is 73.4 Å². The van der Waals surface area contributed by atoms with Crippen molar-refractivity contribution in [2.24, 2.45) is 0 Å². The maximum Gasteiger partial charge on any atom is 0.472 e. The number of quaternary nitrogens is 1. The Balaban J connectivity index is 3.91. The Morgan fingerprint density at radius 1 is 0.455 bits per heavy atom. The number of unbranched alkanes of at least 4 members (excludes halogenated alkanes) is 31. The number of amides is 1. The molecular weight excluding hydrogens is 972 g/mol. The molecule has 3 atom stereocenters. The van der Waals surface area contributed by atoms with E-state index in [-0.39, 0.29) is 19.1 Å². The number of carbonyl (C=O) groups is 1. The third-order valence-electron chi connectivity index (χ3n) is 14.0. The minimum atomic E-state index is -4.36. The Kier molecular flexibility index (Phi) is 56.1. The lowest BCUT2D eigenvalue weighted by Crippen LogP contribution is -2.45. The highest BCUT2D eigenvalue weighted by Crippen LogP contribution is 2.43. The van der Waals surface area contributed by atoms with Crippen LogP contribution in [0.2, 0.25) is 0 Å². The molecule has 0 aromatic heterocycles. The van der Waals surface area contributed by atoms with Crippen molar-refractivity contribution in [3.8, 4) is 0 Å². The van der Waals surface area contributed by atoms with Crippen LogP contribution >= 0.6 is 7.82 Å². The molecule has 0 saturated carbocycles. The molecule has 0 aromatic carbocycles. The fourth-order valence-electron chi connectivity index (χ4n) is 9.04. The average molecular weight is 1100 g/mol. The van der Waals surface area contributed by atoms with Crippen LogP contribution in [0.4, 0.5) is 0 Å². The molecule has 0 aliphatic carbocycles. The van der Waals surface area contributed by atoms with Crippen molar-refractivity contribution >= 4 is 13.7 Å². The molecule has 0 rings (SSSR count). The van der Waals surface area contributed by atoms with E-state index in [2.05, 4.69) is 104 Å². The summed E-state index contributed by atoms with van der Waals surface area (Å²) in [5.74, 6) is -0.190. The first kappa shape index (κ1) is 74.4. The topological polar surface area (TPSA) is 105 Å². The number of aliphatic hydroxyl groups excluding tert-OH is 1. The number of nitrogens with zero attached hydrogens (tertiary/aromatic N) is 1. The molecule has 3 N–H and O–H groups in total. The monoisotopic (exact) mass is 1100 g/mol. The zero-order chi connectivity index (χ0) is 56.3. The SMILES string of the molecule is CC/C=C\C/C=C\C/C=C\C/C=C\C/C=C\CCCCCCCCCCCCCCCCCCCCCCCCCCCC(=O)NC(COP(=O)(O)OCC[N+](C)(C)C)C(O)/C=C/CC/C=C/CC/C=C/CCCCCC. The quantitative estimate of drug-likeness (QED) is 0.0243. The largest absolute Gasteiger partial charge is 0.472 e. The standard InChI is InChI=1S/C68H123N2O6P/c1-6-8-10-12-14-16-18-20-22-23-24-25-26-27-28-29-30-31-32-33-34-35-36-37-38-39-40-41-42-43-44-45-46-47-48-50-52-54-56-58-60-62-68(72)69-66(65-76-77(73,74)75-64-63-70(3,4)5)67(71)61-59-57-55-53-51-49-21-19-17-15-13-11-9-7-2/h8,10,14,16-17,19-20,22,24-25,27-28,51,53,59,61,66-67,71H,6-7,9,11-13,15,18,21,23,26,29-50,52,54-58,60,62-65H2,1-5H3,(H-,69,72,73,74)/p+1/b10-8-,16-14-,19-17+,22-20-,25-24-,28-27-,53-51+,61-59+. The molecule has 0 heterocycles. The highest BCUT2D eigenvalue weighted by molar-refractivity contribution is 7.47. The Bertz CT molecular complexity index is 1570. The number of hydrogen-bond donors (Lipinski definition) is 3. The van der Waals surface area contributed by atoms with Crippen LogP contribution in [0.3, 0.4) is 0 Å². The summed E-state index contributed by atoms with van der Waals surface area (Å²) in [4.78, 5) is 23.3. The maximum absolute atomic E-state index is 13.0. The van der Waals surface area contributed by atoms with Crippen LogP contribution in [0.1, 0.15) is 277 Å². The van der Waals surface area contributed by atoms with Crippen molar-refractivity contribution in [1.29, 1.82) is 0 Å². The average Bonchev–Trinajstić information content (AvgIpc) is 3.39. The Morgan fingerprint density at radius 3 is 1.19 bits per heavy atom. The highest BCUT2D eigenvalue weighted by Gasteiger charge is 2.27. The van der Waals surface area contributed by atoms with Gasteiger partial charge in [0.25, 0.3) is 0 Å². The molecule has 8 nitrogen and oxygen atoms in total. The summed E-state index contributed by atoms with van der Waals surface area (Å²) >= 11 is 0. The molecule has 77 heavy (non-hydrogen) atoms. The van der Waals surface area contributed by atoms with E-state index in [1.165, 1.54) is 180 Å². The smallest absolute Gasteiger partial charge is 0.387 e. The molecular formula is C68H124N2O6P+. The third-order valence-corrected chi connectivity index (χ3v) is 15.0. The molecule has 9 heteroatoms. The zero-order valence-corrected chi connectivity index (χ0v) is 51.8. The number of allylic oxidation sites excluding steroid dienone is 15. The number of phosphoric ester groups is 1. The Morgan fingerprint density at radius 2 is 0.792 bits per heavy atom. The van der Waals surface area contributed by atoms with E-state index in [0.717, 1.165) is 77.0 Å². The van der Waals surface area contributed by atoms with E-state index in [9.17, 15) is 19.4 Å². The summed E-state index contributed by atoms with van der Waals surface area (Å²) < 4.78 is 23.7. The maximum atomic E-state index is 13.0. The van der Waals surface area contributed by atoms with Gasteiger partial charge in [0, 0.05) is 6.42 Å². The number of aliphatic hydroxyl groups is 1.